The molecule has 3 atom stereocenters. The summed E-state index contributed by atoms with van der Waals surface area (Å²) in [5.41, 5.74) is 1.33. The monoisotopic (exact) mass is 356 g/mol. The van der Waals surface area contributed by atoms with Gasteiger partial charge in [0, 0.05) is 35.1 Å². The zero-order valence-electron chi connectivity index (χ0n) is 14.5. The van der Waals surface area contributed by atoms with Gasteiger partial charge in [0.25, 0.3) is 0 Å². The summed E-state index contributed by atoms with van der Waals surface area (Å²) < 4.78 is 11.1. The number of ether oxygens (including phenoxy) is 2. The molecule has 4 rings (SSSR count). The second-order valence-corrected chi connectivity index (χ2v) is 7.14. The van der Waals surface area contributed by atoms with Gasteiger partial charge in [-0.05, 0) is 24.6 Å². The number of hydrogen-bond donors (Lipinski definition) is 3. The van der Waals surface area contributed by atoms with Crippen molar-refractivity contribution < 1.29 is 29.6 Å². The van der Waals surface area contributed by atoms with E-state index in [9.17, 15) is 20.1 Å². The molecule has 0 saturated carbocycles. The predicted molar refractivity (Wildman–Crippen MR) is 92.3 cm³/mol. The molecular formula is C20H20O6. The summed E-state index contributed by atoms with van der Waals surface area (Å²) in [4.78, 5) is 12.8. The van der Waals surface area contributed by atoms with Crippen LogP contribution in [0.15, 0.2) is 30.3 Å². The standard InChI is InChI=1S/C20H20O6/c1-20(24)8-10-6-7-12(21)17(15(10)13(22)9-20)18-16-11(19(23)26-18)4-3-5-14(16)25-2/h3-7,18-19,21,23-24H,8-9H2,1-2H3/t18-,19+,20+/m0/s1. The maximum Gasteiger partial charge on any atom is 0.182 e. The van der Waals surface area contributed by atoms with Crippen molar-refractivity contribution in [1.82, 2.24) is 0 Å². The number of fused-ring (bicyclic) bond motifs is 2. The molecule has 0 radical (unpaired) electrons. The Balaban J connectivity index is 1.94. The Bertz CT molecular complexity index is 901. The van der Waals surface area contributed by atoms with Crippen LogP contribution >= 0.6 is 0 Å². The van der Waals surface area contributed by atoms with Gasteiger partial charge in [-0.25, -0.2) is 0 Å². The first kappa shape index (κ1) is 17.0. The van der Waals surface area contributed by atoms with E-state index in [1.165, 1.54) is 13.2 Å². The van der Waals surface area contributed by atoms with E-state index in [1.807, 2.05) is 0 Å². The van der Waals surface area contributed by atoms with Crippen LogP contribution in [0.2, 0.25) is 0 Å². The Morgan fingerprint density at radius 1 is 1.19 bits per heavy atom. The van der Waals surface area contributed by atoms with E-state index in [1.54, 1.807) is 31.2 Å². The fourth-order valence-corrected chi connectivity index (χ4v) is 4.02. The van der Waals surface area contributed by atoms with Gasteiger partial charge in [-0.15, -0.1) is 0 Å². The number of aromatic hydroxyl groups is 1. The number of benzene rings is 2. The van der Waals surface area contributed by atoms with E-state index in [4.69, 9.17) is 9.47 Å². The number of ketones is 1. The number of Topliss-reactive ketones (excluding diaryl/α,β-unsaturated/α-hetero) is 1. The smallest absolute Gasteiger partial charge is 0.182 e. The summed E-state index contributed by atoms with van der Waals surface area (Å²) in [5, 5.41) is 31.2. The number of methoxy groups -OCH3 is 1. The molecule has 1 aliphatic carbocycles. The molecule has 0 unspecified atom stereocenters. The molecule has 2 aromatic carbocycles. The minimum atomic E-state index is -1.18. The largest absolute Gasteiger partial charge is 0.508 e. The van der Waals surface area contributed by atoms with Gasteiger partial charge in [0.05, 0.1) is 12.7 Å². The molecule has 0 bridgehead atoms. The lowest BCUT2D eigenvalue weighted by atomic mass is 9.77. The van der Waals surface area contributed by atoms with E-state index in [0.29, 0.717) is 40.0 Å². The van der Waals surface area contributed by atoms with Gasteiger partial charge in [0.2, 0.25) is 0 Å². The van der Waals surface area contributed by atoms with Crippen molar-refractivity contribution in [3.63, 3.8) is 0 Å². The maximum absolute atomic E-state index is 12.8. The summed E-state index contributed by atoms with van der Waals surface area (Å²) >= 11 is 0. The lowest BCUT2D eigenvalue weighted by Crippen LogP contribution is -2.36. The van der Waals surface area contributed by atoms with Crippen molar-refractivity contribution in [2.24, 2.45) is 0 Å². The summed E-state index contributed by atoms with van der Waals surface area (Å²) in [6.45, 7) is 1.62. The van der Waals surface area contributed by atoms with Crippen molar-refractivity contribution in [2.75, 3.05) is 7.11 Å². The van der Waals surface area contributed by atoms with E-state index in [-0.39, 0.29) is 18.0 Å². The van der Waals surface area contributed by atoms with E-state index in [0.717, 1.165) is 0 Å². The minimum absolute atomic E-state index is 0.0372. The molecule has 0 amide bonds. The molecule has 1 heterocycles. The van der Waals surface area contributed by atoms with Crippen LogP contribution in [-0.4, -0.2) is 33.8 Å². The van der Waals surface area contributed by atoms with E-state index in [2.05, 4.69) is 0 Å². The summed E-state index contributed by atoms with van der Waals surface area (Å²) in [6.07, 6.45) is -1.75. The molecule has 0 spiro atoms. The number of rotatable bonds is 2. The van der Waals surface area contributed by atoms with E-state index < -0.39 is 18.0 Å². The highest BCUT2D eigenvalue weighted by atomic mass is 16.6. The lowest BCUT2D eigenvalue weighted by molar-refractivity contribution is -0.109. The van der Waals surface area contributed by atoms with Crippen LogP contribution in [0.25, 0.3) is 0 Å². The highest BCUT2D eigenvalue weighted by Gasteiger charge is 2.41. The van der Waals surface area contributed by atoms with Gasteiger partial charge in [-0.2, -0.15) is 0 Å². The summed E-state index contributed by atoms with van der Waals surface area (Å²) in [5.74, 6) is 0.162. The van der Waals surface area contributed by atoms with Crippen LogP contribution < -0.4 is 4.74 Å². The van der Waals surface area contributed by atoms with Gasteiger partial charge >= 0.3 is 0 Å². The molecule has 6 nitrogen and oxygen atoms in total. The average molecular weight is 356 g/mol. The fourth-order valence-electron chi connectivity index (χ4n) is 4.02. The third-order valence-corrected chi connectivity index (χ3v) is 5.08. The van der Waals surface area contributed by atoms with Gasteiger partial charge in [-0.1, -0.05) is 18.2 Å². The Hall–Kier alpha value is -2.41. The maximum atomic E-state index is 12.8. The molecule has 26 heavy (non-hydrogen) atoms. The third kappa shape index (κ3) is 2.49. The highest BCUT2D eigenvalue weighted by Crippen LogP contribution is 2.50. The normalized spacial score (nSPS) is 27.2. The molecule has 3 N–H and O–H groups in total. The Kier molecular flexibility index (Phi) is 3.80. The average Bonchev–Trinajstić information content (AvgIpc) is 2.91. The highest BCUT2D eigenvalue weighted by molar-refractivity contribution is 6.01. The number of phenols is 1. The van der Waals surface area contributed by atoms with Crippen molar-refractivity contribution in [3.8, 4) is 11.5 Å². The molecular weight excluding hydrogens is 336 g/mol. The van der Waals surface area contributed by atoms with Gasteiger partial charge in [-0.3, -0.25) is 4.79 Å². The van der Waals surface area contributed by atoms with Crippen LogP contribution in [0, 0.1) is 0 Å². The second-order valence-electron chi connectivity index (χ2n) is 7.14. The van der Waals surface area contributed by atoms with Crippen LogP contribution in [0.4, 0.5) is 0 Å². The quantitative estimate of drug-likeness (QED) is 0.765. The number of aliphatic hydroxyl groups excluding tert-OH is 1. The lowest BCUT2D eigenvalue weighted by Gasteiger charge is -2.31. The summed E-state index contributed by atoms with van der Waals surface area (Å²) in [7, 11) is 1.51. The number of phenolic OH excluding ortho intramolecular Hbond substituents is 1. The molecule has 0 aromatic heterocycles. The molecule has 1 aliphatic heterocycles. The zero-order chi connectivity index (χ0) is 18.6. The topological polar surface area (TPSA) is 96.2 Å². The van der Waals surface area contributed by atoms with Crippen molar-refractivity contribution in [3.05, 3.63) is 58.1 Å². The van der Waals surface area contributed by atoms with Crippen LogP contribution in [0.5, 0.6) is 11.5 Å². The van der Waals surface area contributed by atoms with E-state index >= 15 is 0 Å². The number of carbonyl (C=O) groups excluding carboxylic acids is 1. The SMILES string of the molecule is COc1cccc2c1[C@@H](c1c(O)ccc3c1C(=O)C[C@](C)(O)C3)O[C@H]2O. The predicted octanol–water partition coefficient (Wildman–Crippen LogP) is 2.39. The minimum Gasteiger partial charge on any atom is -0.508 e. The van der Waals surface area contributed by atoms with Gasteiger partial charge in [0.15, 0.2) is 12.1 Å². The zero-order valence-corrected chi connectivity index (χ0v) is 14.5. The molecule has 6 heteroatoms. The molecule has 136 valence electrons. The second kappa shape index (κ2) is 5.81. The molecule has 0 fully saturated rings. The first-order valence-corrected chi connectivity index (χ1v) is 8.43. The number of aliphatic hydroxyl groups is 2. The first-order valence-electron chi connectivity index (χ1n) is 8.43. The van der Waals surface area contributed by atoms with Crippen LogP contribution in [0.1, 0.15) is 58.4 Å². The van der Waals surface area contributed by atoms with Crippen molar-refractivity contribution in [2.45, 2.75) is 37.8 Å². The molecule has 2 aromatic rings. The van der Waals surface area contributed by atoms with Crippen LogP contribution in [-0.2, 0) is 11.2 Å². The first-order chi connectivity index (χ1) is 12.3. The molecule has 2 aliphatic rings. The van der Waals surface area contributed by atoms with Crippen molar-refractivity contribution >= 4 is 5.78 Å². The number of hydrogen-bond acceptors (Lipinski definition) is 6. The number of carbonyl (C=O) groups is 1. The Labute approximate surface area is 150 Å². The van der Waals surface area contributed by atoms with Crippen LogP contribution in [0.3, 0.4) is 0 Å². The Morgan fingerprint density at radius 3 is 2.69 bits per heavy atom. The fraction of sp³-hybridized carbons (Fsp3) is 0.350. The molecule has 0 saturated heterocycles. The van der Waals surface area contributed by atoms with Gasteiger partial charge < -0.3 is 24.8 Å². The van der Waals surface area contributed by atoms with Crippen molar-refractivity contribution in [1.29, 1.82) is 0 Å². The van der Waals surface area contributed by atoms with Gasteiger partial charge in [0.1, 0.15) is 17.6 Å². The Morgan fingerprint density at radius 2 is 1.96 bits per heavy atom. The summed E-state index contributed by atoms with van der Waals surface area (Å²) in [6, 6.07) is 8.35. The third-order valence-electron chi connectivity index (χ3n) is 5.08.